The van der Waals surface area contributed by atoms with Crippen LogP contribution in [-0.2, 0) is 11.2 Å². The van der Waals surface area contributed by atoms with Crippen LogP contribution in [0.15, 0.2) is 12.1 Å². The summed E-state index contributed by atoms with van der Waals surface area (Å²) >= 11 is 0. The first-order valence-corrected chi connectivity index (χ1v) is 7.69. The highest BCUT2D eigenvalue weighted by atomic mass is 16.5. The second kappa shape index (κ2) is 8.67. The predicted molar refractivity (Wildman–Crippen MR) is 86.7 cm³/mol. The highest BCUT2D eigenvalue weighted by Crippen LogP contribution is 2.25. The molecule has 0 saturated heterocycles. The summed E-state index contributed by atoms with van der Waals surface area (Å²) in [5.41, 5.74) is 9.14. The Morgan fingerprint density at radius 1 is 1.33 bits per heavy atom. The average molecular weight is 292 g/mol. The maximum Gasteiger partial charge on any atom is 0.257 e. The van der Waals surface area contributed by atoms with Crippen LogP contribution in [0.3, 0.4) is 0 Å². The van der Waals surface area contributed by atoms with E-state index in [2.05, 4.69) is 24.4 Å². The number of ether oxygens (including phenoxy) is 1. The molecular weight excluding hydrogens is 264 g/mol. The predicted octanol–water partition coefficient (Wildman–Crippen LogP) is 2.49. The zero-order valence-corrected chi connectivity index (χ0v) is 13.7. The van der Waals surface area contributed by atoms with Crippen molar-refractivity contribution in [1.82, 2.24) is 5.32 Å². The van der Waals surface area contributed by atoms with Gasteiger partial charge in [-0.1, -0.05) is 25.5 Å². The lowest BCUT2D eigenvalue weighted by molar-refractivity contribution is -0.123. The van der Waals surface area contributed by atoms with Gasteiger partial charge < -0.3 is 15.8 Å². The molecule has 0 radical (unpaired) electrons. The van der Waals surface area contributed by atoms with E-state index in [0.717, 1.165) is 36.1 Å². The van der Waals surface area contributed by atoms with Crippen molar-refractivity contribution in [3.63, 3.8) is 0 Å². The first kappa shape index (κ1) is 17.5. The topological polar surface area (TPSA) is 64.3 Å². The minimum absolute atomic E-state index is 0.0675. The maximum atomic E-state index is 11.7. The van der Waals surface area contributed by atoms with Crippen LogP contribution in [0.25, 0.3) is 0 Å². The number of amides is 1. The van der Waals surface area contributed by atoms with Crippen molar-refractivity contribution < 1.29 is 9.53 Å². The van der Waals surface area contributed by atoms with E-state index in [0.29, 0.717) is 6.54 Å². The molecule has 4 heteroatoms. The van der Waals surface area contributed by atoms with Gasteiger partial charge in [0, 0.05) is 12.6 Å². The third kappa shape index (κ3) is 6.17. The summed E-state index contributed by atoms with van der Waals surface area (Å²) in [7, 11) is 0. The number of nitrogens with two attached hydrogens (primary N) is 1. The number of rotatable bonds is 8. The molecular formula is C17H28N2O2. The Bertz CT molecular complexity index is 447. The van der Waals surface area contributed by atoms with Gasteiger partial charge in [0.05, 0.1) is 0 Å². The molecule has 0 spiro atoms. The first-order valence-electron chi connectivity index (χ1n) is 7.69. The normalized spacial score (nSPS) is 12.0. The monoisotopic (exact) mass is 292 g/mol. The highest BCUT2D eigenvalue weighted by molar-refractivity contribution is 5.77. The molecule has 4 nitrogen and oxygen atoms in total. The molecule has 0 aromatic heterocycles. The summed E-state index contributed by atoms with van der Waals surface area (Å²) in [6.07, 6.45) is 2.91. The molecule has 3 N–H and O–H groups in total. The fourth-order valence-corrected chi connectivity index (χ4v) is 2.35. The van der Waals surface area contributed by atoms with Gasteiger partial charge in [0.25, 0.3) is 5.91 Å². The lowest BCUT2D eigenvalue weighted by atomic mass is 10.0. The summed E-state index contributed by atoms with van der Waals surface area (Å²) in [5.74, 6) is 0.732. The van der Waals surface area contributed by atoms with Gasteiger partial charge in [0.1, 0.15) is 5.75 Å². The molecule has 0 fully saturated rings. The van der Waals surface area contributed by atoms with Crippen molar-refractivity contribution in [2.75, 3.05) is 13.2 Å². The van der Waals surface area contributed by atoms with Crippen LogP contribution in [0.5, 0.6) is 5.75 Å². The molecule has 1 aromatic rings. The maximum absolute atomic E-state index is 11.7. The number of hydrogen-bond donors (Lipinski definition) is 2. The van der Waals surface area contributed by atoms with Gasteiger partial charge in [-0.15, -0.1) is 0 Å². The van der Waals surface area contributed by atoms with E-state index in [-0.39, 0.29) is 18.6 Å². The zero-order valence-electron chi connectivity index (χ0n) is 13.7. The van der Waals surface area contributed by atoms with Crippen molar-refractivity contribution in [2.24, 2.45) is 5.73 Å². The standard InChI is InChI=1S/C17H28N2O2/c1-5-6-7-19-16(20)11-21-17-12(2)8-15(9-13(17)3)10-14(4)18/h8-9,14H,5-7,10-11,18H2,1-4H3,(H,19,20). The Kier molecular flexibility index (Phi) is 7.23. The highest BCUT2D eigenvalue weighted by Gasteiger charge is 2.10. The van der Waals surface area contributed by atoms with Gasteiger partial charge in [-0.25, -0.2) is 0 Å². The van der Waals surface area contributed by atoms with Gasteiger partial charge in [0.15, 0.2) is 6.61 Å². The number of hydrogen-bond acceptors (Lipinski definition) is 3. The Morgan fingerprint density at radius 2 is 1.95 bits per heavy atom. The summed E-state index contributed by atoms with van der Waals surface area (Å²) < 4.78 is 5.68. The minimum atomic E-state index is -0.0677. The minimum Gasteiger partial charge on any atom is -0.483 e. The summed E-state index contributed by atoms with van der Waals surface area (Å²) in [4.78, 5) is 11.7. The van der Waals surface area contributed by atoms with Crippen molar-refractivity contribution in [3.8, 4) is 5.75 Å². The van der Waals surface area contributed by atoms with E-state index in [9.17, 15) is 4.79 Å². The van der Waals surface area contributed by atoms with Crippen LogP contribution in [-0.4, -0.2) is 25.1 Å². The fourth-order valence-electron chi connectivity index (χ4n) is 2.35. The van der Waals surface area contributed by atoms with Crippen LogP contribution >= 0.6 is 0 Å². The van der Waals surface area contributed by atoms with Crippen LogP contribution in [0.2, 0.25) is 0 Å². The van der Waals surface area contributed by atoms with Gasteiger partial charge in [-0.2, -0.15) is 0 Å². The molecule has 1 rings (SSSR count). The van der Waals surface area contributed by atoms with Crippen LogP contribution in [0.1, 0.15) is 43.4 Å². The van der Waals surface area contributed by atoms with E-state index in [1.54, 1.807) is 0 Å². The third-order valence-corrected chi connectivity index (χ3v) is 3.28. The molecule has 0 aliphatic rings. The lowest BCUT2D eigenvalue weighted by Crippen LogP contribution is -2.29. The molecule has 0 bridgehead atoms. The smallest absolute Gasteiger partial charge is 0.257 e. The molecule has 1 aromatic carbocycles. The molecule has 1 unspecified atom stereocenters. The van der Waals surface area contributed by atoms with E-state index in [1.165, 1.54) is 5.56 Å². The van der Waals surface area contributed by atoms with Crippen molar-refractivity contribution in [3.05, 3.63) is 28.8 Å². The molecule has 0 heterocycles. The molecule has 0 aliphatic heterocycles. The SMILES string of the molecule is CCCCNC(=O)COc1c(C)cc(CC(C)N)cc1C. The second-order valence-electron chi connectivity index (χ2n) is 5.73. The Hall–Kier alpha value is -1.55. The van der Waals surface area contributed by atoms with E-state index in [1.807, 2.05) is 20.8 Å². The third-order valence-electron chi connectivity index (χ3n) is 3.28. The first-order chi connectivity index (χ1) is 9.93. The quantitative estimate of drug-likeness (QED) is 0.724. The molecule has 1 atom stereocenters. The Balaban J connectivity index is 2.61. The molecule has 0 saturated carbocycles. The van der Waals surface area contributed by atoms with Gasteiger partial charge in [0.2, 0.25) is 0 Å². The van der Waals surface area contributed by atoms with Gasteiger partial charge >= 0.3 is 0 Å². The van der Waals surface area contributed by atoms with Crippen LogP contribution in [0.4, 0.5) is 0 Å². The van der Waals surface area contributed by atoms with Crippen molar-refractivity contribution in [2.45, 2.75) is 53.0 Å². The average Bonchev–Trinajstić information content (AvgIpc) is 2.37. The molecule has 0 aliphatic carbocycles. The number of carbonyl (C=O) groups excluding carboxylic acids is 1. The fraction of sp³-hybridized carbons (Fsp3) is 0.588. The van der Waals surface area contributed by atoms with Crippen LogP contribution in [0, 0.1) is 13.8 Å². The summed E-state index contributed by atoms with van der Waals surface area (Å²) in [5, 5.41) is 2.85. The van der Waals surface area contributed by atoms with Gasteiger partial charge in [-0.3, -0.25) is 4.79 Å². The van der Waals surface area contributed by atoms with E-state index in [4.69, 9.17) is 10.5 Å². The largest absolute Gasteiger partial charge is 0.483 e. The van der Waals surface area contributed by atoms with E-state index >= 15 is 0 Å². The lowest BCUT2D eigenvalue weighted by Gasteiger charge is -2.15. The Morgan fingerprint density at radius 3 is 2.48 bits per heavy atom. The Labute approximate surface area is 128 Å². The van der Waals surface area contributed by atoms with Crippen molar-refractivity contribution in [1.29, 1.82) is 0 Å². The molecule has 1 amide bonds. The van der Waals surface area contributed by atoms with E-state index < -0.39 is 0 Å². The molecule has 21 heavy (non-hydrogen) atoms. The second-order valence-corrected chi connectivity index (χ2v) is 5.73. The number of aryl methyl sites for hydroxylation is 2. The molecule has 118 valence electrons. The number of unbranched alkanes of at least 4 members (excludes halogenated alkanes) is 1. The summed E-state index contributed by atoms with van der Waals surface area (Å²) in [6.45, 7) is 8.88. The van der Waals surface area contributed by atoms with Crippen molar-refractivity contribution >= 4 is 5.91 Å². The summed E-state index contributed by atoms with van der Waals surface area (Å²) in [6, 6.07) is 4.31. The number of carbonyl (C=O) groups is 1. The zero-order chi connectivity index (χ0) is 15.8. The number of benzene rings is 1. The van der Waals surface area contributed by atoms with Crippen LogP contribution < -0.4 is 15.8 Å². The van der Waals surface area contributed by atoms with Gasteiger partial charge in [-0.05, 0) is 50.3 Å². The number of nitrogens with one attached hydrogen (secondary N) is 1.